The first-order valence-corrected chi connectivity index (χ1v) is 4.39. The highest BCUT2D eigenvalue weighted by atomic mass is 79.9. The maximum absolute atomic E-state index is 9.50. The van der Waals surface area contributed by atoms with E-state index in [0.717, 1.165) is 4.47 Å². The number of aliphatic hydroxyl groups excluding tert-OH is 1. The zero-order valence-electron chi connectivity index (χ0n) is 6.46. The molecule has 1 heterocycles. The van der Waals surface area contributed by atoms with Crippen molar-refractivity contribution in [3.63, 3.8) is 0 Å². The zero-order valence-corrected chi connectivity index (χ0v) is 8.04. The monoisotopic (exact) mass is 228 g/mol. The van der Waals surface area contributed by atoms with Crippen LogP contribution >= 0.6 is 15.9 Å². The standard InChI is InChI=1S/C9H9BrO2/c1-2-3-4-8(11)9-7(10)5-6-12-9/h1,5-6,8,11H,3-4H2. The molecule has 0 saturated heterocycles. The van der Waals surface area contributed by atoms with Gasteiger partial charge >= 0.3 is 0 Å². The van der Waals surface area contributed by atoms with Crippen molar-refractivity contribution < 1.29 is 9.52 Å². The van der Waals surface area contributed by atoms with Crippen LogP contribution in [0.5, 0.6) is 0 Å². The smallest absolute Gasteiger partial charge is 0.146 e. The molecule has 1 unspecified atom stereocenters. The molecule has 0 saturated carbocycles. The Kier molecular flexibility index (Phi) is 3.39. The fourth-order valence-corrected chi connectivity index (χ4v) is 1.36. The molecule has 1 aromatic heterocycles. The first-order chi connectivity index (χ1) is 5.75. The molecule has 64 valence electrons. The lowest BCUT2D eigenvalue weighted by molar-refractivity contribution is 0.141. The largest absolute Gasteiger partial charge is 0.465 e. The third-order valence-corrected chi connectivity index (χ3v) is 2.16. The van der Waals surface area contributed by atoms with E-state index < -0.39 is 6.10 Å². The van der Waals surface area contributed by atoms with E-state index in [9.17, 15) is 5.11 Å². The van der Waals surface area contributed by atoms with Crippen LogP contribution in [0.25, 0.3) is 0 Å². The highest BCUT2D eigenvalue weighted by molar-refractivity contribution is 9.10. The predicted molar refractivity (Wildman–Crippen MR) is 49.4 cm³/mol. The SMILES string of the molecule is C#CCCC(O)c1occc1Br. The number of hydrogen-bond donors (Lipinski definition) is 1. The molecule has 0 fully saturated rings. The highest BCUT2D eigenvalue weighted by Gasteiger charge is 2.13. The number of rotatable bonds is 3. The molecule has 1 atom stereocenters. The van der Waals surface area contributed by atoms with Crippen LogP contribution in [0.15, 0.2) is 21.2 Å². The Hall–Kier alpha value is -0.720. The third kappa shape index (κ3) is 2.13. The molecule has 3 heteroatoms. The van der Waals surface area contributed by atoms with Crippen LogP contribution in [-0.2, 0) is 0 Å². The average Bonchev–Trinajstić information content (AvgIpc) is 2.47. The van der Waals surface area contributed by atoms with Crippen molar-refractivity contribution in [3.8, 4) is 12.3 Å². The molecular formula is C9H9BrO2. The van der Waals surface area contributed by atoms with Crippen LogP contribution in [0.1, 0.15) is 24.7 Å². The number of furan rings is 1. The van der Waals surface area contributed by atoms with Gasteiger partial charge in [0.1, 0.15) is 11.9 Å². The number of terminal acetylenes is 1. The molecule has 0 radical (unpaired) electrons. The lowest BCUT2D eigenvalue weighted by Crippen LogP contribution is -1.95. The van der Waals surface area contributed by atoms with Crippen molar-refractivity contribution in [1.82, 2.24) is 0 Å². The van der Waals surface area contributed by atoms with Crippen LogP contribution in [0.3, 0.4) is 0 Å². The second kappa shape index (κ2) is 4.34. The maximum Gasteiger partial charge on any atom is 0.146 e. The van der Waals surface area contributed by atoms with Gasteiger partial charge in [-0.25, -0.2) is 0 Å². The van der Waals surface area contributed by atoms with Crippen LogP contribution in [-0.4, -0.2) is 5.11 Å². The van der Waals surface area contributed by atoms with E-state index in [1.165, 1.54) is 6.26 Å². The highest BCUT2D eigenvalue weighted by Crippen LogP contribution is 2.26. The van der Waals surface area contributed by atoms with E-state index in [1.807, 2.05) is 0 Å². The van der Waals surface area contributed by atoms with Crippen molar-refractivity contribution in [3.05, 3.63) is 22.6 Å². The summed E-state index contributed by atoms with van der Waals surface area (Å²) >= 11 is 3.25. The van der Waals surface area contributed by atoms with Gasteiger partial charge in [-0.15, -0.1) is 12.3 Å². The lowest BCUT2D eigenvalue weighted by Gasteiger charge is -2.04. The second-order valence-corrected chi connectivity index (χ2v) is 3.25. The number of hydrogen-bond acceptors (Lipinski definition) is 2. The first kappa shape index (κ1) is 9.37. The summed E-state index contributed by atoms with van der Waals surface area (Å²) in [6.07, 6.45) is 7.07. The molecule has 2 nitrogen and oxygen atoms in total. The van der Waals surface area contributed by atoms with Crippen molar-refractivity contribution in [2.75, 3.05) is 0 Å². The summed E-state index contributed by atoms with van der Waals surface area (Å²) < 4.78 is 5.84. The van der Waals surface area contributed by atoms with E-state index >= 15 is 0 Å². The molecule has 0 aliphatic carbocycles. The van der Waals surface area contributed by atoms with E-state index in [0.29, 0.717) is 18.6 Å². The Bertz CT molecular complexity index is 285. The van der Waals surface area contributed by atoms with E-state index in [-0.39, 0.29) is 0 Å². The Balaban J connectivity index is 2.60. The molecule has 1 aromatic rings. The van der Waals surface area contributed by atoms with Gasteiger partial charge in [0, 0.05) is 6.42 Å². The first-order valence-electron chi connectivity index (χ1n) is 3.60. The maximum atomic E-state index is 9.50. The van der Waals surface area contributed by atoms with E-state index in [2.05, 4.69) is 21.9 Å². The zero-order chi connectivity index (χ0) is 8.97. The summed E-state index contributed by atoms with van der Waals surface area (Å²) in [5.41, 5.74) is 0. The molecule has 0 aliphatic rings. The van der Waals surface area contributed by atoms with Gasteiger partial charge in [0.25, 0.3) is 0 Å². The van der Waals surface area contributed by atoms with Crippen LogP contribution in [0.4, 0.5) is 0 Å². The minimum atomic E-state index is -0.606. The summed E-state index contributed by atoms with van der Waals surface area (Å²) in [5, 5.41) is 9.50. The van der Waals surface area contributed by atoms with Gasteiger partial charge in [0.15, 0.2) is 0 Å². The Morgan fingerprint density at radius 1 is 1.75 bits per heavy atom. The van der Waals surface area contributed by atoms with Gasteiger partial charge in [0.05, 0.1) is 10.7 Å². The van der Waals surface area contributed by atoms with Crippen molar-refractivity contribution in [1.29, 1.82) is 0 Å². The van der Waals surface area contributed by atoms with Crippen molar-refractivity contribution in [2.24, 2.45) is 0 Å². The van der Waals surface area contributed by atoms with Gasteiger partial charge in [-0.3, -0.25) is 0 Å². The van der Waals surface area contributed by atoms with Crippen LogP contribution in [0, 0.1) is 12.3 Å². The molecule has 0 amide bonds. The fraction of sp³-hybridized carbons (Fsp3) is 0.333. The van der Waals surface area contributed by atoms with E-state index in [1.54, 1.807) is 6.07 Å². The summed E-state index contributed by atoms with van der Waals surface area (Å²) in [6.45, 7) is 0. The Morgan fingerprint density at radius 3 is 3.00 bits per heavy atom. The predicted octanol–water partition coefficient (Wildman–Crippen LogP) is 2.49. The summed E-state index contributed by atoms with van der Waals surface area (Å²) in [5.74, 6) is 3.01. The quantitative estimate of drug-likeness (QED) is 0.807. The Labute approximate surface area is 79.7 Å². The van der Waals surface area contributed by atoms with Gasteiger partial charge in [-0.05, 0) is 28.4 Å². The van der Waals surface area contributed by atoms with Crippen LogP contribution in [0.2, 0.25) is 0 Å². The minimum Gasteiger partial charge on any atom is -0.465 e. The molecule has 1 rings (SSSR count). The fourth-order valence-electron chi connectivity index (χ4n) is 0.894. The molecule has 12 heavy (non-hydrogen) atoms. The molecule has 0 aromatic carbocycles. The van der Waals surface area contributed by atoms with Crippen LogP contribution < -0.4 is 0 Å². The molecule has 0 bridgehead atoms. The normalized spacial score (nSPS) is 12.4. The number of halogens is 1. The molecule has 0 aliphatic heterocycles. The van der Waals surface area contributed by atoms with Gasteiger partial charge < -0.3 is 9.52 Å². The van der Waals surface area contributed by atoms with Crippen molar-refractivity contribution in [2.45, 2.75) is 18.9 Å². The van der Waals surface area contributed by atoms with Gasteiger partial charge in [0.2, 0.25) is 0 Å². The topological polar surface area (TPSA) is 33.4 Å². The van der Waals surface area contributed by atoms with Crippen molar-refractivity contribution >= 4 is 15.9 Å². The van der Waals surface area contributed by atoms with Gasteiger partial charge in [-0.1, -0.05) is 0 Å². The summed E-state index contributed by atoms with van der Waals surface area (Å²) in [4.78, 5) is 0. The summed E-state index contributed by atoms with van der Waals surface area (Å²) in [7, 11) is 0. The average molecular weight is 229 g/mol. The Morgan fingerprint density at radius 2 is 2.50 bits per heavy atom. The van der Waals surface area contributed by atoms with Gasteiger partial charge in [-0.2, -0.15) is 0 Å². The van der Waals surface area contributed by atoms with E-state index in [4.69, 9.17) is 10.8 Å². The molecular weight excluding hydrogens is 220 g/mol. The minimum absolute atomic E-state index is 0.530. The second-order valence-electron chi connectivity index (χ2n) is 2.39. The third-order valence-electron chi connectivity index (χ3n) is 1.51. The number of aliphatic hydroxyl groups is 1. The molecule has 0 spiro atoms. The lowest BCUT2D eigenvalue weighted by atomic mass is 10.1. The molecule has 1 N–H and O–H groups in total. The summed E-state index contributed by atoms with van der Waals surface area (Å²) in [6, 6.07) is 1.74.